The summed E-state index contributed by atoms with van der Waals surface area (Å²) in [6.45, 7) is 5.79. The molecule has 3 rings (SSSR count). The first-order valence-corrected chi connectivity index (χ1v) is 9.20. The lowest BCUT2D eigenvalue weighted by Crippen LogP contribution is -2.13. The summed E-state index contributed by atoms with van der Waals surface area (Å²) in [7, 11) is -3.70. The second kappa shape index (κ2) is 6.20. The van der Waals surface area contributed by atoms with Crippen LogP contribution < -0.4 is 0 Å². The van der Waals surface area contributed by atoms with E-state index in [0.717, 1.165) is 16.8 Å². The monoisotopic (exact) mass is 346 g/mol. The fourth-order valence-electron chi connectivity index (χ4n) is 2.53. The number of rotatable bonds is 5. The van der Waals surface area contributed by atoms with Crippen LogP contribution in [0.1, 0.15) is 29.8 Å². The molecule has 0 fully saturated rings. The van der Waals surface area contributed by atoms with E-state index in [9.17, 15) is 8.42 Å². The highest BCUT2D eigenvalue weighted by Crippen LogP contribution is 2.20. The van der Waals surface area contributed by atoms with Gasteiger partial charge in [-0.25, -0.2) is 13.4 Å². The third kappa shape index (κ3) is 3.23. The van der Waals surface area contributed by atoms with Crippen molar-refractivity contribution in [1.29, 1.82) is 0 Å². The average Bonchev–Trinajstić information content (AvgIpc) is 3.14. The molecule has 0 spiro atoms. The van der Waals surface area contributed by atoms with Gasteiger partial charge in [-0.2, -0.15) is 4.98 Å². The minimum atomic E-state index is -3.70. The van der Waals surface area contributed by atoms with Crippen molar-refractivity contribution < 1.29 is 12.9 Å². The predicted molar refractivity (Wildman–Crippen MR) is 87.6 cm³/mol. The van der Waals surface area contributed by atoms with Crippen molar-refractivity contribution in [2.45, 2.75) is 38.1 Å². The summed E-state index contributed by atoms with van der Waals surface area (Å²) in [4.78, 5) is 8.10. The Bertz CT molecular complexity index is 953. The molecule has 126 valence electrons. The molecule has 0 atom stereocenters. The van der Waals surface area contributed by atoms with Crippen LogP contribution in [0.3, 0.4) is 0 Å². The Balaban J connectivity index is 1.99. The van der Waals surface area contributed by atoms with E-state index in [4.69, 9.17) is 4.52 Å². The Labute approximate surface area is 140 Å². The third-order valence-corrected chi connectivity index (χ3v) is 5.00. The number of nitrogens with zero attached hydrogens (tertiary/aromatic N) is 4. The highest BCUT2D eigenvalue weighted by molar-refractivity contribution is 7.90. The minimum absolute atomic E-state index is 0.0321. The highest BCUT2D eigenvalue weighted by atomic mass is 32.2. The van der Waals surface area contributed by atoms with Gasteiger partial charge in [-0.15, -0.1) is 0 Å². The highest BCUT2D eigenvalue weighted by Gasteiger charge is 2.24. The summed E-state index contributed by atoms with van der Waals surface area (Å²) >= 11 is 0. The molecule has 0 radical (unpaired) electrons. The SMILES string of the molecule is CCc1nc(CS(=O)(=O)c2nccn2-c2cc(C)cc(C)c2)no1. The lowest BCUT2D eigenvalue weighted by Gasteiger charge is -2.09. The van der Waals surface area contributed by atoms with Gasteiger partial charge in [-0.3, -0.25) is 4.57 Å². The maximum absolute atomic E-state index is 12.7. The fourth-order valence-corrected chi connectivity index (χ4v) is 3.81. The summed E-state index contributed by atoms with van der Waals surface area (Å²) in [5, 5.41) is 3.68. The first-order chi connectivity index (χ1) is 11.4. The molecule has 0 saturated heterocycles. The molecular weight excluding hydrogens is 328 g/mol. The van der Waals surface area contributed by atoms with Crippen LogP contribution >= 0.6 is 0 Å². The zero-order valence-electron chi connectivity index (χ0n) is 13.7. The van der Waals surface area contributed by atoms with E-state index >= 15 is 0 Å². The van der Waals surface area contributed by atoms with Crippen LogP contribution in [-0.2, 0) is 22.0 Å². The molecule has 24 heavy (non-hydrogen) atoms. The molecule has 0 aliphatic heterocycles. The molecule has 0 N–H and O–H groups in total. The Morgan fingerprint density at radius 2 is 1.88 bits per heavy atom. The Hall–Kier alpha value is -2.48. The van der Waals surface area contributed by atoms with Gasteiger partial charge in [0.25, 0.3) is 0 Å². The van der Waals surface area contributed by atoms with Crippen LogP contribution in [0.2, 0.25) is 0 Å². The number of aromatic nitrogens is 4. The van der Waals surface area contributed by atoms with Gasteiger partial charge in [0.1, 0.15) is 5.75 Å². The summed E-state index contributed by atoms with van der Waals surface area (Å²) < 4.78 is 32.0. The van der Waals surface area contributed by atoms with E-state index in [1.165, 1.54) is 6.20 Å². The van der Waals surface area contributed by atoms with Crippen LogP contribution in [0, 0.1) is 13.8 Å². The fraction of sp³-hybridized carbons (Fsp3) is 0.312. The van der Waals surface area contributed by atoms with E-state index in [2.05, 4.69) is 15.1 Å². The summed E-state index contributed by atoms with van der Waals surface area (Å²) in [6, 6.07) is 5.86. The van der Waals surface area contributed by atoms with Gasteiger partial charge < -0.3 is 4.52 Å². The molecule has 0 bridgehead atoms. The summed E-state index contributed by atoms with van der Waals surface area (Å²) in [6.07, 6.45) is 3.66. The van der Waals surface area contributed by atoms with Crippen molar-refractivity contribution in [3.05, 3.63) is 53.4 Å². The number of imidazole rings is 1. The predicted octanol–water partition coefficient (Wildman–Crippen LogP) is 2.41. The lowest BCUT2D eigenvalue weighted by atomic mass is 10.1. The normalized spacial score (nSPS) is 11.8. The lowest BCUT2D eigenvalue weighted by molar-refractivity contribution is 0.378. The van der Waals surface area contributed by atoms with Crippen LogP contribution in [-0.4, -0.2) is 28.1 Å². The van der Waals surface area contributed by atoms with Crippen LogP contribution in [0.5, 0.6) is 0 Å². The largest absolute Gasteiger partial charge is 0.339 e. The quantitative estimate of drug-likeness (QED) is 0.704. The van der Waals surface area contributed by atoms with Gasteiger partial charge in [0, 0.05) is 24.5 Å². The molecule has 1 aromatic carbocycles. The van der Waals surface area contributed by atoms with E-state index in [1.807, 2.05) is 39.0 Å². The first-order valence-electron chi connectivity index (χ1n) is 7.55. The molecule has 8 heteroatoms. The van der Waals surface area contributed by atoms with Crippen molar-refractivity contribution in [3.8, 4) is 5.69 Å². The average molecular weight is 346 g/mol. The van der Waals surface area contributed by atoms with Crippen LogP contribution in [0.15, 0.2) is 40.3 Å². The zero-order valence-corrected chi connectivity index (χ0v) is 14.5. The van der Waals surface area contributed by atoms with E-state index in [0.29, 0.717) is 12.3 Å². The Kier molecular flexibility index (Phi) is 4.23. The van der Waals surface area contributed by atoms with Gasteiger partial charge in [-0.05, 0) is 37.1 Å². The van der Waals surface area contributed by atoms with Gasteiger partial charge in [-0.1, -0.05) is 18.1 Å². The Morgan fingerprint density at radius 3 is 2.50 bits per heavy atom. The minimum Gasteiger partial charge on any atom is -0.339 e. The third-order valence-electron chi connectivity index (χ3n) is 3.50. The van der Waals surface area contributed by atoms with Crippen LogP contribution in [0.4, 0.5) is 0 Å². The number of aryl methyl sites for hydroxylation is 3. The molecule has 0 saturated carbocycles. The molecule has 0 aliphatic carbocycles. The smallest absolute Gasteiger partial charge is 0.232 e. The molecule has 7 nitrogen and oxygen atoms in total. The van der Waals surface area contributed by atoms with Gasteiger partial charge >= 0.3 is 0 Å². The molecule has 0 unspecified atom stereocenters. The second-order valence-corrected chi connectivity index (χ2v) is 7.53. The van der Waals surface area contributed by atoms with Gasteiger partial charge in [0.2, 0.25) is 20.9 Å². The van der Waals surface area contributed by atoms with E-state index in [1.54, 1.807) is 10.8 Å². The van der Waals surface area contributed by atoms with Crippen molar-refractivity contribution in [1.82, 2.24) is 19.7 Å². The van der Waals surface area contributed by atoms with E-state index < -0.39 is 9.84 Å². The van der Waals surface area contributed by atoms with Gasteiger partial charge in [0.05, 0.1) is 0 Å². The molecule has 2 heterocycles. The topological polar surface area (TPSA) is 90.9 Å². The standard InChI is InChI=1S/C16H18N4O3S/c1-4-15-18-14(19-23-15)10-24(21,22)16-17-5-6-20(16)13-8-11(2)7-12(3)9-13/h5-9H,4,10H2,1-3H3. The Morgan fingerprint density at radius 1 is 1.17 bits per heavy atom. The molecule has 3 aromatic rings. The van der Waals surface area contributed by atoms with Crippen molar-refractivity contribution >= 4 is 9.84 Å². The number of hydrogen-bond donors (Lipinski definition) is 0. The molecular formula is C16H18N4O3S. The summed E-state index contributed by atoms with van der Waals surface area (Å²) in [5.41, 5.74) is 2.85. The molecule has 0 aliphatic rings. The van der Waals surface area contributed by atoms with Crippen LogP contribution in [0.25, 0.3) is 5.69 Å². The van der Waals surface area contributed by atoms with E-state index in [-0.39, 0.29) is 16.7 Å². The second-order valence-electron chi connectivity index (χ2n) is 5.64. The van der Waals surface area contributed by atoms with Crippen molar-refractivity contribution in [3.63, 3.8) is 0 Å². The maximum atomic E-state index is 12.7. The van der Waals surface area contributed by atoms with Gasteiger partial charge in [0.15, 0.2) is 5.82 Å². The summed E-state index contributed by atoms with van der Waals surface area (Å²) in [5.74, 6) is 0.206. The molecule has 2 aromatic heterocycles. The maximum Gasteiger partial charge on any atom is 0.232 e. The number of hydrogen-bond acceptors (Lipinski definition) is 6. The first kappa shape index (κ1) is 16.4. The van der Waals surface area contributed by atoms with Crippen molar-refractivity contribution in [2.75, 3.05) is 0 Å². The number of sulfone groups is 1. The number of benzene rings is 1. The van der Waals surface area contributed by atoms with Crippen molar-refractivity contribution in [2.24, 2.45) is 0 Å². The zero-order chi connectivity index (χ0) is 17.3. The molecule has 0 amide bonds.